The first-order valence-corrected chi connectivity index (χ1v) is 14.0. The van der Waals surface area contributed by atoms with Crippen LogP contribution in [0.4, 0.5) is 18.0 Å². The van der Waals surface area contributed by atoms with Gasteiger partial charge in [-0.3, -0.25) is 4.90 Å². The number of hydrogen-bond acceptors (Lipinski definition) is 4. The van der Waals surface area contributed by atoms with Crippen molar-refractivity contribution in [3.63, 3.8) is 0 Å². The van der Waals surface area contributed by atoms with Gasteiger partial charge in [-0.25, -0.2) is 4.79 Å². The van der Waals surface area contributed by atoms with Crippen LogP contribution in [-0.4, -0.2) is 72.8 Å². The quantitative estimate of drug-likeness (QED) is 0.468. The van der Waals surface area contributed by atoms with E-state index in [-0.39, 0.29) is 17.5 Å². The van der Waals surface area contributed by atoms with E-state index in [4.69, 9.17) is 5.73 Å². The Hall–Kier alpha value is -2.91. The first kappa shape index (κ1) is 31.6. The number of rotatable bonds is 5. The van der Waals surface area contributed by atoms with E-state index in [0.29, 0.717) is 31.5 Å². The molecule has 0 radical (unpaired) electrons. The van der Waals surface area contributed by atoms with Crippen LogP contribution in [-0.2, 0) is 11.0 Å². The number of likely N-dealkylation sites (tertiary alicyclic amines) is 1. The Bertz CT molecular complexity index is 1080. The minimum atomic E-state index is -4.31. The molecule has 0 spiro atoms. The van der Waals surface area contributed by atoms with E-state index in [1.807, 2.05) is 18.2 Å². The van der Waals surface area contributed by atoms with Gasteiger partial charge >= 0.3 is 12.2 Å². The van der Waals surface area contributed by atoms with Gasteiger partial charge in [0.2, 0.25) is 0 Å². The van der Waals surface area contributed by atoms with Crippen molar-refractivity contribution in [1.29, 1.82) is 0 Å². The highest BCUT2D eigenvalue weighted by Crippen LogP contribution is 2.36. The highest BCUT2D eigenvalue weighted by atomic mass is 19.4. The van der Waals surface area contributed by atoms with Gasteiger partial charge < -0.3 is 20.3 Å². The van der Waals surface area contributed by atoms with Crippen molar-refractivity contribution in [2.75, 3.05) is 39.8 Å². The summed E-state index contributed by atoms with van der Waals surface area (Å²) in [6.45, 7) is 10.8. The van der Waals surface area contributed by atoms with Crippen LogP contribution < -0.4 is 5.73 Å². The maximum absolute atomic E-state index is 13.0. The molecule has 2 atom stereocenters. The Morgan fingerprint density at radius 3 is 2.02 bits per heavy atom. The van der Waals surface area contributed by atoms with Gasteiger partial charge in [-0.15, -0.1) is 0 Å². The van der Waals surface area contributed by atoms with Crippen molar-refractivity contribution in [2.45, 2.75) is 58.3 Å². The number of piperidine rings is 1. The summed E-state index contributed by atoms with van der Waals surface area (Å²) in [7, 11) is 2.16. The zero-order valence-electron chi connectivity index (χ0n) is 24.0. The number of aldehydes is 1. The highest BCUT2D eigenvalue weighted by molar-refractivity contribution is 5.72. The van der Waals surface area contributed by atoms with Gasteiger partial charge in [-0.1, -0.05) is 63.2 Å². The van der Waals surface area contributed by atoms with E-state index in [9.17, 15) is 22.8 Å². The maximum atomic E-state index is 13.0. The van der Waals surface area contributed by atoms with E-state index >= 15 is 0 Å². The molecule has 40 heavy (non-hydrogen) atoms. The summed E-state index contributed by atoms with van der Waals surface area (Å²) in [5, 5.41) is 0. The van der Waals surface area contributed by atoms with Gasteiger partial charge in [-0.2, -0.15) is 13.2 Å². The molecular weight excluding hydrogens is 517 g/mol. The van der Waals surface area contributed by atoms with Crippen LogP contribution in [0.15, 0.2) is 54.6 Å². The van der Waals surface area contributed by atoms with Crippen LogP contribution in [0.2, 0.25) is 0 Å². The topological polar surface area (TPSA) is 69.9 Å². The summed E-state index contributed by atoms with van der Waals surface area (Å²) < 4.78 is 39.0. The van der Waals surface area contributed by atoms with Crippen molar-refractivity contribution < 1.29 is 22.8 Å². The van der Waals surface area contributed by atoms with E-state index in [1.165, 1.54) is 12.1 Å². The molecule has 6 nitrogen and oxygen atoms in total. The summed E-state index contributed by atoms with van der Waals surface area (Å²) in [5.74, 6) is 0.457. The fourth-order valence-corrected chi connectivity index (χ4v) is 5.69. The zero-order chi connectivity index (χ0) is 29.5. The monoisotopic (exact) mass is 560 g/mol. The summed E-state index contributed by atoms with van der Waals surface area (Å²) in [4.78, 5) is 27.3. The number of likely N-dealkylation sites (N-methyl/N-ethyl adjacent to an activating group) is 1. The smallest absolute Gasteiger partial charge is 0.351 e. The second-order valence-corrected chi connectivity index (χ2v) is 12.0. The molecule has 2 N–H and O–H groups in total. The third kappa shape index (κ3) is 8.54. The predicted molar refractivity (Wildman–Crippen MR) is 152 cm³/mol. The second kappa shape index (κ2) is 13.6. The van der Waals surface area contributed by atoms with E-state index < -0.39 is 11.7 Å². The highest BCUT2D eigenvalue weighted by Gasteiger charge is 2.37. The van der Waals surface area contributed by atoms with Crippen molar-refractivity contribution >= 4 is 12.3 Å². The Morgan fingerprint density at radius 2 is 1.52 bits per heavy atom. The van der Waals surface area contributed by atoms with Gasteiger partial charge in [0.25, 0.3) is 0 Å². The molecule has 9 heteroatoms. The van der Waals surface area contributed by atoms with Gasteiger partial charge in [-0.05, 0) is 54.5 Å². The van der Waals surface area contributed by atoms with Crippen molar-refractivity contribution in [3.05, 3.63) is 71.3 Å². The Kier molecular flexibility index (Phi) is 10.8. The van der Waals surface area contributed by atoms with Gasteiger partial charge in [0.05, 0.1) is 11.6 Å². The number of nitrogens with two attached hydrogens (primary N) is 1. The molecule has 0 bridgehead atoms. The third-order valence-corrected chi connectivity index (χ3v) is 8.07. The molecule has 2 aliphatic rings. The van der Waals surface area contributed by atoms with Gasteiger partial charge in [0, 0.05) is 45.2 Å². The lowest BCUT2D eigenvalue weighted by Gasteiger charge is -2.48. The molecule has 0 aliphatic carbocycles. The molecule has 220 valence electrons. The number of hydrogen-bond donors (Lipinski definition) is 1. The first-order valence-electron chi connectivity index (χ1n) is 14.0. The van der Waals surface area contributed by atoms with Crippen LogP contribution in [0.25, 0.3) is 0 Å². The molecule has 2 heterocycles. The summed E-state index contributed by atoms with van der Waals surface area (Å²) in [6.07, 6.45) is -0.938. The molecule has 0 saturated carbocycles. The number of carbonyl (C=O) groups excluding carboxylic acids is 2. The standard InChI is InChI=1S/C23H29F3N2.C8H14N2O2/c1-22(2,3)20-16-28(15-14-27(20)4)21(17-8-6-5-7-9-17)18-10-12-19(13-11-18)23(24,25)26;9-8(12)10-4-1-7(2-5-10)3-6-11/h5-13,20-21H,14-16H2,1-4H3;6-7H,1-5H2,(H2,9,12). The molecule has 2 aromatic carbocycles. The fourth-order valence-electron chi connectivity index (χ4n) is 5.69. The SMILES string of the molecule is CN1CCN(C(c2ccccc2)c2ccc(C(F)(F)F)cc2)CC1C(C)(C)C.NC(=O)N1CCC(CC=O)CC1. The Morgan fingerprint density at radius 1 is 0.950 bits per heavy atom. The summed E-state index contributed by atoms with van der Waals surface area (Å²) >= 11 is 0. The van der Waals surface area contributed by atoms with Crippen molar-refractivity contribution in [3.8, 4) is 0 Å². The molecular formula is C31H43F3N4O2. The lowest BCUT2D eigenvalue weighted by molar-refractivity contribution is -0.137. The molecule has 2 fully saturated rings. The number of urea groups is 1. The molecule has 2 unspecified atom stereocenters. The number of nitrogens with zero attached hydrogens (tertiary/aromatic N) is 3. The number of halogens is 3. The molecule has 2 amide bonds. The average Bonchev–Trinajstić information content (AvgIpc) is 2.90. The van der Waals surface area contributed by atoms with Crippen molar-refractivity contribution in [1.82, 2.24) is 14.7 Å². The maximum Gasteiger partial charge on any atom is 0.416 e. The summed E-state index contributed by atoms with van der Waals surface area (Å²) in [6, 6.07) is 15.7. The van der Waals surface area contributed by atoms with E-state index in [0.717, 1.165) is 49.9 Å². The number of alkyl halides is 3. The van der Waals surface area contributed by atoms with Gasteiger partial charge in [0.1, 0.15) is 6.29 Å². The van der Waals surface area contributed by atoms with Crippen LogP contribution in [0.3, 0.4) is 0 Å². The molecule has 2 aromatic rings. The third-order valence-electron chi connectivity index (χ3n) is 8.07. The van der Waals surface area contributed by atoms with Crippen LogP contribution in [0, 0.1) is 11.3 Å². The van der Waals surface area contributed by atoms with Crippen LogP contribution in [0.1, 0.15) is 62.8 Å². The van der Waals surface area contributed by atoms with Crippen molar-refractivity contribution in [2.24, 2.45) is 17.1 Å². The molecule has 2 aliphatic heterocycles. The van der Waals surface area contributed by atoms with E-state index in [2.05, 4.69) is 49.8 Å². The zero-order valence-corrected chi connectivity index (χ0v) is 24.0. The van der Waals surface area contributed by atoms with E-state index in [1.54, 1.807) is 17.0 Å². The second-order valence-electron chi connectivity index (χ2n) is 12.0. The van der Waals surface area contributed by atoms with Crippen LogP contribution in [0.5, 0.6) is 0 Å². The average molecular weight is 561 g/mol. The van der Waals surface area contributed by atoms with Crippen LogP contribution >= 0.6 is 0 Å². The minimum absolute atomic E-state index is 0.0537. The lowest BCUT2D eigenvalue weighted by Crippen LogP contribution is -2.57. The number of primary amides is 1. The lowest BCUT2D eigenvalue weighted by atomic mass is 9.83. The minimum Gasteiger partial charge on any atom is -0.351 e. The Labute approximate surface area is 236 Å². The summed E-state index contributed by atoms with van der Waals surface area (Å²) in [5.41, 5.74) is 6.63. The molecule has 0 aromatic heterocycles. The Balaban J connectivity index is 0.000000307. The van der Waals surface area contributed by atoms with Gasteiger partial charge in [0.15, 0.2) is 0 Å². The normalized spacial score (nSPS) is 20.4. The number of carbonyl (C=O) groups is 2. The number of amides is 2. The molecule has 4 rings (SSSR count). The number of piperazine rings is 1. The largest absolute Gasteiger partial charge is 0.416 e. The first-order chi connectivity index (χ1) is 18.8. The fraction of sp³-hybridized carbons (Fsp3) is 0.548. The predicted octanol–water partition coefficient (Wildman–Crippen LogP) is 5.82. The molecule has 2 saturated heterocycles. The number of benzene rings is 2.